The van der Waals surface area contributed by atoms with Gasteiger partial charge in [-0.2, -0.15) is 0 Å². The number of fused-ring (bicyclic) bond motifs is 15. The molecule has 4 aromatic carbocycles. The fraction of sp³-hybridized carbons (Fsp3) is 0.0278. The van der Waals surface area contributed by atoms with Gasteiger partial charge in [0.05, 0.1) is 16.6 Å². The lowest BCUT2D eigenvalue weighted by molar-refractivity contribution is 1.18. The van der Waals surface area contributed by atoms with E-state index in [1.165, 1.54) is 44.1 Å². The first-order valence-corrected chi connectivity index (χ1v) is 13.9. The maximum Gasteiger partial charge on any atom is 0.178 e. The number of aromatic nitrogens is 5. The fourth-order valence-electron chi connectivity index (χ4n) is 7.12. The lowest BCUT2D eigenvalue weighted by Crippen LogP contribution is -1.98. The second-order valence-corrected chi connectivity index (χ2v) is 10.9. The molecule has 0 saturated heterocycles. The van der Waals surface area contributed by atoms with Crippen molar-refractivity contribution in [1.82, 2.24) is 23.9 Å². The van der Waals surface area contributed by atoms with Crippen molar-refractivity contribution in [1.29, 1.82) is 0 Å². The summed E-state index contributed by atoms with van der Waals surface area (Å²) in [6.45, 7) is 0. The molecule has 0 atom stereocenters. The SMILES string of the molecule is c1ccc(-n2c3cc4c(cc3c3ccc5c(c6cccnc6n6c7cccnc7nc56)c32)Cc2ccccc2-4)cc1. The molecular formula is C36H21N5. The number of pyridine rings is 3. The van der Waals surface area contributed by atoms with Gasteiger partial charge < -0.3 is 4.57 Å². The van der Waals surface area contributed by atoms with E-state index in [2.05, 4.69) is 105 Å². The van der Waals surface area contributed by atoms with Crippen molar-refractivity contribution in [2.75, 3.05) is 0 Å². The molecule has 0 bridgehead atoms. The summed E-state index contributed by atoms with van der Waals surface area (Å²) in [5.41, 5.74) is 12.4. The predicted molar refractivity (Wildman–Crippen MR) is 166 cm³/mol. The van der Waals surface area contributed by atoms with Gasteiger partial charge in [-0.05, 0) is 83.3 Å². The van der Waals surface area contributed by atoms with Crippen LogP contribution in [0.4, 0.5) is 0 Å². The minimum absolute atomic E-state index is 0.728. The Hall–Kier alpha value is -5.55. The summed E-state index contributed by atoms with van der Waals surface area (Å²) in [5.74, 6) is 0. The van der Waals surface area contributed by atoms with Gasteiger partial charge in [-0.1, -0.05) is 48.5 Å². The lowest BCUT2D eigenvalue weighted by Gasteiger charge is -2.13. The summed E-state index contributed by atoms with van der Waals surface area (Å²) in [6.07, 6.45) is 4.63. The van der Waals surface area contributed by atoms with Crippen LogP contribution < -0.4 is 0 Å². The highest BCUT2D eigenvalue weighted by atomic mass is 15.1. The van der Waals surface area contributed by atoms with Crippen LogP contribution in [0, 0.1) is 0 Å². The predicted octanol–water partition coefficient (Wildman–Crippen LogP) is 8.25. The van der Waals surface area contributed by atoms with Crippen LogP contribution in [0.25, 0.3) is 77.2 Å². The lowest BCUT2D eigenvalue weighted by atomic mass is 10.0. The first-order chi connectivity index (χ1) is 20.3. The van der Waals surface area contributed by atoms with E-state index in [1.807, 2.05) is 18.3 Å². The van der Waals surface area contributed by atoms with E-state index in [0.29, 0.717) is 0 Å². The number of nitrogens with zero attached hydrogens (tertiary/aromatic N) is 5. The number of rotatable bonds is 1. The molecule has 0 N–H and O–H groups in total. The van der Waals surface area contributed by atoms with Gasteiger partial charge in [-0.3, -0.25) is 4.40 Å². The monoisotopic (exact) mass is 523 g/mol. The van der Waals surface area contributed by atoms with Gasteiger partial charge in [-0.15, -0.1) is 0 Å². The fourth-order valence-corrected chi connectivity index (χ4v) is 7.12. The first-order valence-electron chi connectivity index (χ1n) is 13.9. The van der Waals surface area contributed by atoms with Crippen LogP contribution in [0.1, 0.15) is 11.1 Å². The largest absolute Gasteiger partial charge is 0.309 e. The number of hydrogen-bond acceptors (Lipinski definition) is 3. The molecular weight excluding hydrogens is 502 g/mol. The van der Waals surface area contributed by atoms with E-state index in [9.17, 15) is 0 Å². The van der Waals surface area contributed by atoms with Gasteiger partial charge in [-0.25, -0.2) is 15.0 Å². The molecule has 5 aromatic heterocycles. The quantitative estimate of drug-likeness (QED) is 0.204. The van der Waals surface area contributed by atoms with Crippen LogP contribution in [0.15, 0.2) is 116 Å². The molecule has 190 valence electrons. The third-order valence-corrected chi connectivity index (χ3v) is 8.80. The second kappa shape index (κ2) is 7.55. The number of benzene rings is 4. The zero-order valence-electron chi connectivity index (χ0n) is 21.9. The second-order valence-electron chi connectivity index (χ2n) is 10.9. The molecule has 0 saturated carbocycles. The Labute approximate surface area is 234 Å². The van der Waals surface area contributed by atoms with Gasteiger partial charge in [0, 0.05) is 45.0 Å². The molecule has 0 spiro atoms. The standard InChI is InChI=1S/C36H21N5/c1-2-9-23(10-3-1)40-31-20-28-22(18-21-8-4-5-11-24(21)28)19-29(31)25-14-15-27-32(33(25)40)26-12-6-17-38-35(26)41-30-13-7-16-37-34(30)39-36(27)41/h1-17,19-20H,18H2. The molecule has 5 heterocycles. The van der Waals surface area contributed by atoms with E-state index in [0.717, 1.165) is 50.7 Å². The topological polar surface area (TPSA) is 48.0 Å². The van der Waals surface area contributed by atoms with Gasteiger partial charge in [0.15, 0.2) is 5.65 Å². The van der Waals surface area contributed by atoms with Gasteiger partial charge in [0.25, 0.3) is 0 Å². The summed E-state index contributed by atoms with van der Waals surface area (Å²) in [5, 5.41) is 5.85. The summed E-state index contributed by atoms with van der Waals surface area (Å²) in [6, 6.07) is 37.1. The molecule has 0 fully saturated rings. The number of imidazole rings is 1. The number of hydrogen-bond donors (Lipinski definition) is 0. The van der Waals surface area contributed by atoms with Crippen LogP contribution in [-0.4, -0.2) is 23.9 Å². The minimum Gasteiger partial charge on any atom is -0.309 e. The molecule has 9 aromatic rings. The third kappa shape index (κ3) is 2.68. The molecule has 0 amide bonds. The Bertz CT molecular complexity index is 2550. The zero-order chi connectivity index (χ0) is 26.7. The Morgan fingerprint density at radius 2 is 1.37 bits per heavy atom. The van der Waals surface area contributed by atoms with E-state index >= 15 is 0 Å². The van der Waals surface area contributed by atoms with Gasteiger partial charge in [0.1, 0.15) is 11.3 Å². The maximum atomic E-state index is 5.03. The molecule has 0 aliphatic heterocycles. The molecule has 1 aliphatic carbocycles. The Kier molecular flexibility index (Phi) is 3.92. The third-order valence-electron chi connectivity index (χ3n) is 8.80. The molecule has 10 rings (SSSR count). The van der Waals surface area contributed by atoms with E-state index in [-0.39, 0.29) is 0 Å². The molecule has 5 nitrogen and oxygen atoms in total. The van der Waals surface area contributed by atoms with E-state index in [1.54, 1.807) is 6.20 Å². The average molecular weight is 524 g/mol. The molecule has 0 unspecified atom stereocenters. The smallest absolute Gasteiger partial charge is 0.178 e. The Morgan fingerprint density at radius 3 is 2.32 bits per heavy atom. The Balaban J connectivity index is 1.47. The average Bonchev–Trinajstić information content (AvgIpc) is 3.70. The Morgan fingerprint density at radius 1 is 0.561 bits per heavy atom. The zero-order valence-corrected chi connectivity index (χ0v) is 21.9. The van der Waals surface area contributed by atoms with Crippen molar-refractivity contribution in [2.24, 2.45) is 0 Å². The highest BCUT2D eigenvalue weighted by Crippen LogP contribution is 2.45. The van der Waals surface area contributed by atoms with Crippen molar-refractivity contribution >= 4 is 60.4 Å². The van der Waals surface area contributed by atoms with Crippen LogP contribution >= 0.6 is 0 Å². The molecule has 0 radical (unpaired) electrons. The summed E-state index contributed by atoms with van der Waals surface area (Å²) < 4.78 is 4.60. The van der Waals surface area contributed by atoms with Crippen LogP contribution in [0.5, 0.6) is 0 Å². The van der Waals surface area contributed by atoms with Gasteiger partial charge in [0.2, 0.25) is 0 Å². The van der Waals surface area contributed by atoms with E-state index in [4.69, 9.17) is 9.97 Å². The van der Waals surface area contributed by atoms with Gasteiger partial charge >= 0.3 is 0 Å². The van der Waals surface area contributed by atoms with E-state index < -0.39 is 0 Å². The summed E-state index contributed by atoms with van der Waals surface area (Å²) in [4.78, 5) is 14.5. The minimum atomic E-state index is 0.728. The highest BCUT2D eigenvalue weighted by Gasteiger charge is 2.24. The van der Waals surface area contributed by atoms with Crippen molar-refractivity contribution in [3.63, 3.8) is 0 Å². The summed E-state index contributed by atoms with van der Waals surface area (Å²) in [7, 11) is 0. The van der Waals surface area contributed by atoms with Crippen molar-refractivity contribution < 1.29 is 0 Å². The normalized spacial score (nSPS) is 12.8. The molecule has 41 heavy (non-hydrogen) atoms. The van der Waals surface area contributed by atoms with Crippen molar-refractivity contribution in [3.8, 4) is 16.8 Å². The highest BCUT2D eigenvalue weighted by molar-refractivity contribution is 6.27. The molecule has 5 heteroatoms. The van der Waals surface area contributed by atoms with Crippen molar-refractivity contribution in [2.45, 2.75) is 6.42 Å². The van der Waals surface area contributed by atoms with Crippen LogP contribution in [-0.2, 0) is 6.42 Å². The summed E-state index contributed by atoms with van der Waals surface area (Å²) >= 11 is 0. The van der Waals surface area contributed by atoms with Crippen LogP contribution in [0.2, 0.25) is 0 Å². The van der Waals surface area contributed by atoms with Crippen LogP contribution in [0.3, 0.4) is 0 Å². The first kappa shape index (κ1) is 21.3. The van der Waals surface area contributed by atoms with Crippen molar-refractivity contribution in [3.05, 3.63) is 127 Å². The number of para-hydroxylation sites is 1. The maximum absolute atomic E-state index is 5.03. The molecule has 1 aliphatic rings.